The van der Waals surface area contributed by atoms with Crippen LogP contribution in [0, 0.1) is 0 Å². The van der Waals surface area contributed by atoms with Gasteiger partial charge in [-0.2, -0.15) is 0 Å². The number of unbranched alkanes of at least 4 members (excludes halogenated alkanes) is 4. The van der Waals surface area contributed by atoms with E-state index in [-0.39, 0.29) is 6.29 Å². The maximum atomic E-state index is 8.59. The van der Waals surface area contributed by atoms with Crippen molar-refractivity contribution in [1.82, 2.24) is 0 Å². The van der Waals surface area contributed by atoms with Gasteiger partial charge < -0.3 is 14.6 Å². The van der Waals surface area contributed by atoms with Gasteiger partial charge in [0.05, 0.1) is 0 Å². The molecule has 0 atom stereocenters. The van der Waals surface area contributed by atoms with Crippen molar-refractivity contribution >= 4 is 0 Å². The van der Waals surface area contributed by atoms with Gasteiger partial charge in [-0.05, 0) is 44.9 Å². The summed E-state index contributed by atoms with van der Waals surface area (Å²) in [6.45, 7) is 0.309. The van der Waals surface area contributed by atoms with Crippen LogP contribution in [0.1, 0.15) is 44.9 Å². The highest BCUT2D eigenvalue weighted by molar-refractivity contribution is 4.81. The van der Waals surface area contributed by atoms with Crippen molar-refractivity contribution in [1.29, 1.82) is 0 Å². The molecule has 0 unspecified atom stereocenters. The van der Waals surface area contributed by atoms with E-state index in [2.05, 4.69) is 12.2 Å². The van der Waals surface area contributed by atoms with Crippen molar-refractivity contribution < 1.29 is 14.6 Å². The second kappa shape index (κ2) is 12.7. The topological polar surface area (TPSA) is 38.7 Å². The standard InChI is InChI=1S/C13H26O3/c1-15-13(16-2)11-9-7-5-3-4-6-8-10-12-14/h3-4,13-14H,5-12H2,1-2H3/b4-3-. The lowest BCUT2D eigenvalue weighted by molar-refractivity contribution is -0.107. The minimum Gasteiger partial charge on any atom is -0.396 e. The summed E-state index contributed by atoms with van der Waals surface area (Å²) in [5.74, 6) is 0. The molecular formula is C13H26O3. The Morgan fingerprint density at radius 1 is 0.938 bits per heavy atom. The number of aliphatic hydroxyl groups excluding tert-OH is 1. The van der Waals surface area contributed by atoms with E-state index in [9.17, 15) is 0 Å². The predicted octanol–water partition coefficient (Wildman–Crippen LogP) is 2.88. The quantitative estimate of drug-likeness (QED) is 0.337. The molecule has 0 saturated carbocycles. The third-order valence-electron chi connectivity index (χ3n) is 2.53. The van der Waals surface area contributed by atoms with E-state index in [4.69, 9.17) is 14.6 Å². The SMILES string of the molecule is COC(CCCC/C=C\CCCCO)OC. The summed E-state index contributed by atoms with van der Waals surface area (Å²) in [5, 5.41) is 8.59. The Labute approximate surface area is 99.5 Å². The number of hydrogen-bond acceptors (Lipinski definition) is 3. The van der Waals surface area contributed by atoms with Crippen molar-refractivity contribution in [3.05, 3.63) is 12.2 Å². The molecule has 0 bridgehead atoms. The molecule has 3 heteroatoms. The second-order valence-corrected chi connectivity index (χ2v) is 3.88. The first-order valence-electron chi connectivity index (χ1n) is 6.16. The summed E-state index contributed by atoms with van der Waals surface area (Å²) in [7, 11) is 3.35. The fourth-order valence-electron chi connectivity index (χ4n) is 1.51. The molecule has 0 aliphatic carbocycles. The number of methoxy groups -OCH3 is 2. The van der Waals surface area contributed by atoms with Crippen LogP contribution < -0.4 is 0 Å². The number of hydrogen-bond donors (Lipinski definition) is 1. The number of rotatable bonds is 11. The van der Waals surface area contributed by atoms with Crippen molar-refractivity contribution in [3.8, 4) is 0 Å². The molecule has 96 valence electrons. The smallest absolute Gasteiger partial charge is 0.156 e. The summed E-state index contributed by atoms with van der Waals surface area (Å²) in [5.41, 5.74) is 0. The Bertz CT molecular complexity index is 153. The Kier molecular flexibility index (Phi) is 12.4. The summed E-state index contributed by atoms with van der Waals surface area (Å²) >= 11 is 0. The predicted molar refractivity (Wildman–Crippen MR) is 66.4 cm³/mol. The summed E-state index contributed by atoms with van der Waals surface area (Å²) in [6, 6.07) is 0. The van der Waals surface area contributed by atoms with Gasteiger partial charge >= 0.3 is 0 Å². The van der Waals surface area contributed by atoms with E-state index >= 15 is 0 Å². The van der Waals surface area contributed by atoms with E-state index in [1.165, 1.54) is 6.42 Å². The number of allylic oxidation sites excluding steroid dienone is 2. The molecule has 0 radical (unpaired) electrons. The van der Waals surface area contributed by atoms with Crippen LogP contribution in [0.15, 0.2) is 12.2 Å². The highest BCUT2D eigenvalue weighted by Crippen LogP contribution is 2.07. The van der Waals surface area contributed by atoms with Crippen LogP contribution in [-0.2, 0) is 9.47 Å². The van der Waals surface area contributed by atoms with Gasteiger partial charge in [0.15, 0.2) is 6.29 Å². The lowest BCUT2D eigenvalue weighted by Gasteiger charge is -2.11. The van der Waals surface area contributed by atoms with E-state index in [1.807, 2.05) is 0 Å². The lowest BCUT2D eigenvalue weighted by atomic mass is 10.1. The van der Waals surface area contributed by atoms with E-state index in [0.29, 0.717) is 6.61 Å². The van der Waals surface area contributed by atoms with Gasteiger partial charge in [-0.3, -0.25) is 0 Å². The van der Waals surface area contributed by atoms with Gasteiger partial charge in [-0.1, -0.05) is 12.2 Å². The van der Waals surface area contributed by atoms with E-state index < -0.39 is 0 Å². The molecule has 0 aliphatic heterocycles. The Hall–Kier alpha value is -0.380. The molecular weight excluding hydrogens is 204 g/mol. The second-order valence-electron chi connectivity index (χ2n) is 3.88. The minimum atomic E-state index is -0.0477. The van der Waals surface area contributed by atoms with Crippen LogP contribution >= 0.6 is 0 Å². The highest BCUT2D eigenvalue weighted by Gasteiger charge is 2.02. The molecule has 0 spiro atoms. The van der Waals surface area contributed by atoms with Crippen LogP contribution in [0.4, 0.5) is 0 Å². The van der Waals surface area contributed by atoms with Gasteiger partial charge in [-0.25, -0.2) is 0 Å². The first-order chi connectivity index (χ1) is 7.85. The zero-order chi connectivity index (χ0) is 12.1. The fraction of sp³-hybridized carbons (Fsp3) is 0.846. The molecule has 0 saturated heterocycles. The van der Waals surface area contributed by atoms with Gasteiger partial charge in [0, 0.05) is 20.8 Å². The van der Waals surface area contributed by atoms with Gasteiger partial charge in [0.25, 0.3) is 0 Å². The molecule has 0 aromatic heterocycles. The van der Waals surface area contributed by atoms with Crippen LogP contribution in [0.5, 0.6) is 0 Å². The first-order valence-corrected chi connectivity index (χ1v) is 6.16. The Morgan fingerprint density at radius 2 is 1.50 bits per heavy atom. The normalized spacial score (nSPS) is 11.8. The molecule has 0 amide bonds. The van der Waals surface area contributed by atoms with E-state index in [1.54, 1.807) is 14.2 Å². The van der Waals surface area contributed by atoms with Gasteiger partial charge in [-0.15, -0.1) is 0 Å². The molecule has 0 heterocycles. The maximum Gasteiger partial charge on any atom is 0.156 e. The monoisotopic (exact) mass is 230 g/mol. The zero-order valence-electron chi connectivity index (χ0n) is 10.7. The highest BCUT2D eigenvalue weighted by atomic mass is 16.7. The average Bonchev–Trinajstić information content (AvgIpc) is 2.32. The first kappa shape index (κ1) is 15.6. The average molecular weight is 230 g/mol. The molecule has 3 nitrogen and oxygen atoms in total. The lowest BCUT2D eigenvalue weighted by Crippen LogP contribution is -2.12. The summed E-state index contributed by atoms with van der Waals surface area (Å²) < 4.78 is 10.2. The van der Waals surface area contributed by atoms with E-state index in [0.717, 1.165) is 38.5 Å². The van der Waals surface area contributed by atoms with Crippen molar-refractivity contribution in [3.63, 3.8) is 0 Å². The van der Waals surface area contributed by atoms with Crippen LogP contribution in [0.2, 0.25) is 0 Å². The largest absolute Gasteiger partial charge is 0.396 e. The van der Waals surface area contributed by atoms with Crippen LogP contribution in [-0.4, -0.2) is 32.2 Å². The number of aliphatic hydroxyl groups is 1. The minimum absolute atomic E-state index is 0.0477. The van der Waals surface area contributed by atoms with Crippen molar-refractivity contribution in [2.75, 3.05) is 20.8 Å². The third kappa shape index (κ3) is 10.1. The maximum absolute atomic E-state index is 8.59. The van der Waals surface area contributed by atoms with Crippen LogP contribution in [0.3, 0.4) is 0 Å². The summed E-state index contributed by atoms with van der Waals surface area (Å²) in [4.78, 5) is 0. The molecule has 0 fully saturated rings. The molecule has 16 heavy (non-hydrogen) atoms. The Morgan fingerprint density at radius 3 is 2.00 bits per heavy atom. The van der Waals surface area contributed by atoms with Gasteiger partial charge in [0.2, 0.25) is 0 Å². The molecule has 0 rings (SSSR count). The van der Waals surface area contributed by atoms with Crippen molar-refractivity contribution in [2.24, 2.45) is 0 Å². The van der Waals surface area contributed by atoms with Crippen molar-refractivity contribution in [2.45, 2.75) is 51.2 Å². The fourth-order valence-corrected chi connectivity index (χ4v) is 1.51. The molecule has 1 N–H and O–H groups in total. The van der Waals surface area contributed by atoms with Gasteiger partial charge in [0.1, 0.15) is 0 Å². The number of ether oxygens (including phenoxy) is 2. The Balaban J connectivity index is 3.19. The van der Waals surface area contributed by atoms with Crippen LogP contribution in [0.25, 0.3) is 0 Å². The third-order valence-corrected chi connectivity index (χ3v) is 2.53. The summed E-state index contributed by atoms with van der Waals surface area (Å²) in [6.07, 6.45) is 11.9. The molecule has 0 aliphatic rings. The molecule has 0 aromatic carbocycles. The molecule has 0 aromatic rings. The zero-order valence-corrected chi connectivity index (χ0v) is 10.7.